The first-order valence-electron chi connectivity index (χ1n) is 7.51. The average Bonchev–Trinajstić information content (AvgIpc) is 2.89. The summed E-state index contributed by atoms with van der Waals surface area (Å²) in [6.07, 6.45) is 0.801. The van der Waals surface area contributed by atoms with Crippen LogP contribution in [0.4, 0.5) is 0 Å². The number of carboxylic acids is 1. The van der Waals surface area contributed by atoms with Crippen molar-refractivity contribution in [1.82, 2.24) is 4.98 Å². The highest BCUT2D eigenvalue weighted by Gasteiger charge is 2.23. The van der Waals surface area contributed by atoms with Gasteiger partial charge in [-0.1, -0.05) is 37.3 Å². The van der Waals surface area contributed by atoms with Crippen LogP contribution in [0, 0.1) is 6.92 Å². The molecular weight excluding hydrogens is 290 g/mol. The maximum Gasteiger partial charge on any atom is 0.336 e. The second-order valence-corrected chi connectivity index (χ2v) is 5.50. The highest BCUT2D eigenvalue weighted by molar-refractivity contribution is 6.20. The molecule has 0 amide bonds. The molecule has 2 aromatic carbocycles. The maximum absolute atomic E-state index is 13.1. The number of nitrogens with one attached hydrogen (secondary N) is 1. The normalized spacial score (nSPS) is 10.9. The third-order valence-electron chi connectivity index (χ3n) is 4.11. The highest BCUT2D eigenvalue weighted by atomic mass is 16.4. The maximum atomic E-state index is 13.1. The van der Waals surface area contributed by atoms with Crippen molar-refractivity contribution in [1.29, 1.82) is 0 Å². The van der Waals surface area contributed by atoms with Crippen LogP contribution in [0.1, 0.15) is 44.5 Å². The second kappa shape index (κ2) is 5.72. The van der Waals surface area contributed by atoms with E-state index in [1.807, 2.05) is 32.0 Å². The van der Waals surface area contributed by atoms with Crippen molar-refractivity contribution >= 4 is 22.7 Å². The van der Waals surface area contributed by atoms with Crippen LogP contribution in [-0.2, 0) is 6.42 Å². The van der Waals surface area contributed by atoms with Crippen LogP contribution >= 0.6 is 0 Å². The lowest BCUT2D eigenvalue weighted by Crippen LogP contribution is -2.10. The summed E-state index contributed by atoms with van der Waals surface area (Å²) in [5.74, 6) is -1.35. The van der Waals surface area contributed by atoms with E-state index in [-0.39, 0.29) is 16.9 Å². The molecule has 0 saturated heterocycles. The van der Waals surface area contributed by atoms with E-state index in [1.165, 1.54) is 6.07 Å². The molecule has 0 atom stereocenters. The van der Waals surface area contributed by atoms with Gasteiger partial charge in [0.15, 0.2) is 5.78 Å². The molecule has 23 heavy (non-hydrogen) atoms. The van der Waals surface area contributed by atoms with Crippen molar-refractivity contribution < 1.29 is 14.7 Å². The van der Waals surface area contributed by atoms with Crippen molar-refractivity contribution in [2.45, 2.75) is 20.3 Å². The predicted molar refractivity (Wildman–Crippen MR) is 89.2 cm³/mol. The number of fused-ring (bicyclic) bond motifs is 1. The fourth-order valence-corrected chi connectivity index (χ4v) is 3.03. The zero-order valence-corrected chi connectivity index (χ0v) is 13.0. The molecule has 0 aliphatic rings. The van der Waals surface area contributed by atoms with Crippen LogP contribution in [0.3, 0.4) is 0 Å². The predicted octanol–water partition coefficient (Wildman–Crippen LogP) is 3.97. The molecule has 0 radical (unpaired) electrons. The van der Waals surface area contributed by atoms with Crippen LogP contribution in [-0.4, -0.2) is 21.8 Å². The Balaban J connectivity index is 2.27. The van der Waals surface area contributed by atoms with Crippen LogP contribution in [0.25, 0.3) is 10.9 Å². The number of hydrogen-bond acceptors (Lipinski definition) is 2. The number of hydrogen-bond donors (Lipinski definition) is 2. The minimum Gasteiger partial charge on any atom is -0.478 e. The molecule has 4 nitrogen and oxygen atoms in total. The number of aryl methyl sites for hydroxylation is 2. The first kappa shape index (κ1) is 15.0. The summed E-state index contributed by atoms with van der Waals surface area (Å²) in [4.78, 5) is 27.7. The van der Waals surface area contributed by atoms with Crippen molar-refractivity contribution in [3.8, 4) is 0 Å². The van der Waals surface area contributed by atoms with Gasteiger partial charge in [-0.15, -0.1) is 0 Å². The van der Waals surface area contributed by atoms with Crippen molar-refractivity contribution in [2.75, 3.05) is 0 Å². The Morgan fingerprint density at radius 3 is 2.39 bits per heavy atom. The average molecular weight is 307 g/mol. The molecule has 0 bridgehead atoms. The summed E-state index contributed by atoms with van der Waals surface area (Å²) in [6.45, 7) is 3.88. The fourth-order valence-electron chi connectivity index (χ4n) is 3.03. The molecule has 0 saturated carbocycles. The van der Waals surface area contributed by atoms with E-state index in [0.717, 1.165) is 28.6 Å². The van der Waals surface area contributed by atoms with E-state index >= 15 is 0 Å². The zero-order chi connectivity index (χ0) is 16.6. The van der Waals surface area contributed by atoms with E-state index in [0.29, 0.717) is 5.56 Å². The largest absolute Gasteiger partial charge is 0.478 e. The summed E-state index contributed by atoms with van der Waals surface area (Å²) in [5, 5.41) is 10.2. The van der Waals surface area contributed by atoms with Crippen LogP contribution in [0.2, 0.25) is 0 Å². The van der Waals surface area contributed by atoms with Gasteiger partial charge in [0.25, 0.3) is 0 Å². The molecule has 0 spiro atoms. The third kappa shape index (κ3) is 2.42. The van der Waals surface area contributed by atoms with E-state index < -0.39 is 5.97 Å². The number of carbonyl (C=O) groups is 2. The SMILES string of the molecule is CCc1cccc2[nH]c(C)c(C(=O)c3ccccc3C(=O)O)c12. The molecule has 3 rings (SSSR count). The molecule has 0 aliphatic carbocycles. The number of rotatable bonds is 4. The Morgan fingerprint density at radius 2 is 1.74 bits per heavy atom. The third-order valence-corrected chi connectivity index (χ3v) is 4.11. The first-order valence-corrected chi connectivity index (χ1v) is 7.51. The van der Waals surface area contributed by atoms with Gasteiger partial charge in [0, 0.05) is 22.2 Å². The number of aromatic amines is 1. The molecule has 3 aromatic rings. The summed E-state index contributed by atoms with van der Waals surface area (Å²) in [5.41, 5.74) is 3.54. The summed E-state index contributed by atoms with van der Waals surface area (Å²) in [6, 6.07) is 12.2. The topological polar surface area (TPSA) is 70.2 Å². The van der Waals surface area contributed by atoms with Gasteiger partial charge in [0.1, 0.15) is 0 Å². The van der Waals surface area contributed by atoms with Gasteiger partial charge in [-0.25, -0.2) is 4.79 Å². The van der Waals surface area contributed by atoms with Crippen molar-refractivity contribution in [2.24, 2.45) is 0 Å². The zero-order valence-electron chi connectivity index (χ0n) is 13.0. The molecule has 4 heteroatoms. The quantitative estimate of drug-likeness (QED) is 0.717. The standard InChI is InChI=1S/C19H17NO3/c1-3-12-7-6-10-15-17(12)16(11(2)20-15)18(21)13-8-4-5-9-14(13)19(22)23/h4-10,20H,3H2,1-2H3,(H,22,23). The van der Waals surface area contributed by atoms with Gasteiger partial charge in [-0.05, 0) is 31.0 Å². The molecule has 2 N–H and O–H groups in total. The van der Waals surface area contributed by atoms with Crippen molar-refractivity contribution in [3.63, 3.8) is 0 Å². The fraction of sp³-hybridized carbons (Fsp3) is 0.158. The number of benzene rings is 2. The van der Waals surface area contributed by atoms with Gasteiger partial charge < -0.3 is 10.1 Å². The van der Waals surface area contributed by atoms with E-state index in [4.69, 9.17) is 0 Å². The van der Waals surface area contributed by atoms with Crippen LogP contribution in [0.5, 0.6) is 0 Å². The Bertz CT molecular complexity index is 922. The smallest absolute Gasteiger partial charge is 0.336 e. The number of aromatic nitrogens is 1. The van der Waals surface area contributed by atoms with E-state index in [2.05, 4.69) is 4.98 Å². The van der Waals surface area contributed by atoms with Crippen LogP contribution in [0.15, 0.2) is 42.5 Å². The summed E-state index contributed by atoms with van der Waals surface area (Å²) >= 11 is 0. The minimum absolute atomic E-state index is 0.0280. The first-order chi connectivity index (χ1) is 11.0. The van der Waals surface area contributed by atoms with Gasteiger partial charge in [0.2, 0.25) is 0 Å². The Labute approximate surface area is 133 Å². The number of aromatic carboxylic acids is 1. The molecule has 1 heterocycles. The van der Waals surface area contributed by atoms with E-state index in [9.17, 15) is 14.7 Å². The highest BCUT2D eigenvalue weighted by Crippen LogP contribution is 2.29. The number of ketones is 1. The van der Waals surface area contributed by atoms with E-state index in [1.54, 1.807) is 18.2 Å². The Hall–Kier alpha value is -2.88. The number of carbonyl (C=O) groups excluding carboxylic acids is 1. The molecule has 0 aliphatic heterocycles. The molecular formula is C19H17NO3. The van der Waals surface area contributed by atoms with Gasteiger partial charge in [0.05, 0.1) is 11.1 Å². The monoisotopic (exact) mass is 307 g/mol. The van der Waals surface area contributed by atoms with Crippen LogP contribution < -0.4 is 0 Å². The Kier molecular flexibility index (Phi) is 3.74. The molecule has 116 valence electrons. The summed E-state index contributed by atoms with van der Waals surface area (Å²) < 4.78 is 0. The molecule has 1 aromatic heterocycles. The molecule has 0 fully saturated rings. The van der Waals surface area contributed by atoms with Gasteiger partial charge >= 0.3 is 5.97 Å². The van der Waals surface area contributed by atoms with Crippen molar-refractivity contribution in [3.05, 3.63) is 70.4 Å². The minimum atomic E-state index is -1.10. The molecule has 0 unspecified atom stereocenters. The summed E-state index contributed by atoms with van der Waals surface area (Å²) in [7, 11) is 0. The van der Waals surface area contributed by atoms with Gasteiger partial charge in [-0.2, -0.15) is 0 Å². The second-order valence-electron chi connectivity index (χ2n) is 5.50. The van der Waals surface area contributed by atoms with Gasteiger partial charge in [-0.3, -0.25) is 4.79 Å². The lowest BCUT2D eigenvalue weighted by Gasteiger charge is -2.07. The lowest BCUT2D eigenvalue weighted by molar-refractivity contribution is 0.0693. The number of carboxylic acid groups (broad SMARTS) is 1. The Morgan fingerprint density at radius 1 is 1.04 bits per heavy atom. The number of H-pyrrole nitrogens is 1. The lowest BCUT2D eigenvalue weighted by atomic mass is 9.94.